The number of hydrogen-bond acceptors (Lipinski definition) is 5. The van der Waals surface area contributed by atoms with E-state index in [0.29, 0.717) is 6.61 Å². The lowest BCUT2D eigenvalue weighted by atomic mass is 10.4. The number of rotatable bonds is 7. The number of aromatic nitrogens is 3. The molecule has 0 amide bonds. The minimum absolute atomic E-state index is 0.0636. The number of hydrogen-bond donors (Lipinski definition) is 1. The van der Waals surface area contributed by atoms with E-state index in [4.69, 9.17) is 4.74 Å². The maximum atomic E-state index is 11.5. The van der Waals surface area contributed by atoms with Crippen molar-refractivity contribution in [3.8, 4) is 0 Å². The first kappa shape index (κ1) is 12.1. The van der Waals surface area contributed by atoms with E-state index >= 15 is 0 Å². The van der Waals surface area contributed by atoms with Crippen LogP contribution >= 0.6 is 0 Å². The van der Waals surface area contributed by atoms with Gasteiger partial charge in [-0.15, -0.1) is 0 Å². The van der Waals surface area contributed by atoms with Gasteiger partial charge in [-0.25, -0.2) is 13.4 Å². The highest BCUT2D eigenvalue weighted by Crippen LogP contribution is 2.02. The monoisotopic (exact) mass is 233 g/mol. The lowest BCUT2D eigenvalue weighted by molar-refractivity contribution is 0.146. The Morgan fingerprint density at radius 2 is 2.27 bits per heavy atom. The summed E-state index contributed by atoms with van der Waals surface area (Å²) in [6, 6.07) is 0. The zero-order valence-corrected chi connectivity index (χ0v) is 9.46. The third kappa shape index (κ3) is 3.96. The highest BCUT2D eigenvalue weighted by molar-refractivity contribution is 7.91. The molecule has 0 fully saturated rings. The molecule has 0 saturated carbocycles. The van der Waals surface area contributed by atoms with Gasteiger partial charge in [0.15, 0.2) is 0 Å². The Kier molecular flexibility index (Phi) is 4.70. The van der Waals surface area contributed by atoms with Gasteiger partial charge in [0.25, 0.3) is 0 Å². The molecule has 7 heteroatoms. The van der Waals surface area contributed by atoms with E-state index in [1.54, 1.807) is 0 Å². The van der Waals surface area contributed by atoms with Crippen molar-refractivity contribution in [1.82, 2.24) is 15.2 Å². The number of ether oxygens (including phenoxy) is 1. The van der Waals surface area contributed by atoms with Gasteiger partial charge in [-0.3, -0.25) is 5.10 Å². The van der Waals surface area contributed by atoms with Crippen molar-refractivity contribution in [2.75, 3.05) is 19.0 Å². The maximum Gasteiger partial charge on any atom is 0.243 e. The first-order valence-electron chi connectivity index (χ1n) is 4.82. The zero-order valence-electron chi connectivity index (χ0n) is 8.64. The van der Waals surface area contributed by atoms with E-state index in [0.717, 1.165) is 12.8 Å². The van der Waals surface area contributed by atoms with Gasteiger partial charge in [-0.05, 0) is 6.42 Å². The number of unbranched alkanes of at least 4 members (excludes halogenated alkanes) is 1. The molecular weight excluding hydrogens is 218 g/mol. The van der Waals surface area contributed by atoms with E-state index in [1.165, 1.54) is 6.33 Å². The van der Waals surface area contributed by atoms with Gasteiger partial charge in [0, 0.05) is 6.61 Å². The van der Waals surface area contributed by atoms with E-state index < -0.39 is 9.84 Å². The quantitative estimate of drug-likeness (QED) is 0.689. The first-order valence-corrected chi connectivity index (χ1v) is 6.48. The van der Waals surface area contributed by atoms with Gasteiger partial charge >= 0.3 is 0 Å². The summed E-state index contributed by atoms with van der Waals surface area (Å²) in [5.74, 6) is -0.0636. The second-order valence-electron chi connectivity index (χ2n) is 3.08. The van der Waals surface area contributed by atoms with Crippen LogP contribution in [0, 0.1) is 0 Å². The van der Waals surface area contributed by atoms with Gasteiger partial charge in [0.05, 0.1) is 12.4 Å². The molecule has 1 heterocycles. The number of sulfone groups is 1. The number of nitrogens with zero attached hydrogens (tertiary/aromatic N) is 2. The van der Waals surface area contributed by atoms with Crippen molar-refractivity contribution in [1.29, 1.82) is 0 Å². The molecule has 86 valence electrons. The van der Waals surface area contributed by atoms with Crippen LogP contribution in [0.4, 0.5) is 0 Å². The summed E-state index contributed by atoms with van der Waals surface area (Å²) in [6.45, 7) is 2.85. The molecule has 1 rings (SSSR count). The van der Waals surface area contributed by atoms with Gasteiger partial charge in [-0.2, -0.15) is 5.10 Å². The molecule has 0 aromatic carbocycles. The number of H-pyrrole nitrogens is 1. The van der Waals surface area contributed by atoms with Crippen LogP contribution in [0.15, 0.2) is 11.5 Å². The Balaban J connectivity index is 2.32. The second kappa shape index (κ2) is 5.82. The summed E-state index contributed by atoms with van der Waals surface area (Å²) in [7, 11) is -3.36. The van der Waals surface area contributed by atoms with Crippen molar-refractivity contribution >= 4 is 9.84 Å². The summed E-state index contributed by atoms with van der Waals surface area (Å²) < 4.78 is 28.2. The Hall–Kier alpha value is -0.950. The van der Waals surface area contributed by atoms with E-state index in [-0.39, 0.29) is 17.5 Å². The maximum absolute atomic E-state index is 11.5. The molecule has 0 aliphatic carbocycles. The lowest BCUT2D eigenvalue weighted by Crippen LogP contribution is -2.14. The van der Waals surface area contributed by atoms with Gasteiger partial charge in [0.1, 0.15) is 6.33 Å². The lowest BCUT2D eigenvalue weighted by Gasteiger charge is -2.02. The molecule has 0 unspecified atom stereocenters. The smallest absolute Gasteiger partial charge is 0.243 e. The molecule has 0 spiro atoms. The Morgan fingerprint density at radius 1 is 1.47 bits per heavy atom. The van der Waals surface area contributed by atoms with Gasteiger partial charge < -0.3 is 4.74 Å². The third-order valence-corrected chi connectivity index (χ3v) is 3.32. The van der Waals surface area contributed by atoms with Crippen LogP contribution in [-0.2, 0) is 14.6 Å². The third-order valence-electron chi connectivity index (χ3n) is 1.83. The summed E-state index contributed by atoms with van der Waals surface area (Å²) in [6.07, 6.45) is 3.15. The van der Waals surface area contributed by atoms with Crippen molar-refractivity contribution in [3.63, 3.8) is 0 Å². The van der Waals surface area contributed by atoms with Crippen LogP contribution in [0.2, 0.25) is 0 Å². The fraction of sp³-hybridized carbons (Fsp3) is 0.750. The SMILES string of the molecule is CCCCOCCS(=O)(=O)c1ncn[nH]1. The highest BCUT2D eigenvalue weighted by Gasteiger charge is 2.16. The normalized spacial score (nSPS) is 11.8. The standard InChI is InChI=1S/C8H15N3O3S/c1-2-3-4-14-5-6-15(12,13)8-9-7-10-11-8/h7H,2-6H2,1H3,(H,9,10,11). The Morgan fingerprint density at radius 3 is 2.87 bits per heavy atom. The number of aromatic amines is 1. The van der Waals surface area contributed by atoms with Crippen molar-refractivity contribution < 1.29 is 13.2 Å². The Bertz CT molecular complexity index is 360. The summed E-state index contributed by atoms with van der Waals surface area (Å²) in [5.41, 5.74) is 0. The average Bonchev–Trinajstić information content (AvgIpc) is 2.70. The molecule has 0 atom stereocenters. The average molecular weight is 233 g/mol. The van der Waals surface area contributed by atoms with Crippen LogP contribution in [0.5, 0.6) is 0 Å². The zero-order chi connectivity index (χ0) is 11.1. The molecule has 1 aromatic heterocycles. The second-order valence-corrected chi connectivity index (χ2v) is 5.10. The van der Waals surface area contributed by atoms with Crippen LogP contribution in [0.3, 0.4) is 0 Å². The fourth-order valence-electron chi connectivity index (χ4n) is 0.958. The molecule has 6 nitrogen and oxygen atoms in total. The largest absolute Gasteiger partial charge is 0.380 e. The van der Waals surface area contributed by atoms with E-state index in [2.05, 4.69) is 22.1 Å². The molecule has 1 N–H and O–H groups in total. The Labute approximate surface area is 89.0 Å². The molecular formula is C8H15N3O3S. The predicted octanol–water partition coefficient (Wildman–Crippen LogP) is 0.395. The summed E-state index contributed by atoms with van der Waals surface area (Å²) in [4.78, 5) is 3.59. The van der Waals surface area contributed by atoms with Crippen LogP contribution in [0.25, 0.3) is 0 Å². The molecule has 0 saturated heterocycles. The fourth-order valence-corrected chi connectivity index (χ4v) is 1.89. The minimum atomic E-state index is -3.36. The topological polar surface area (TPSA) is 84.9 Å². The molecule has 0 aliphatic heterocycles. The summed E-state index contributed by atoms with van der Waals surface area (Å²) >= 11 is 0. The van der Waals surface area contributed by atoms with Gasteiger partial charge in [0.2, 0.25) is 15.0 Å². The highest BCUT2D eigenvalue weighted by atomic mass is 32.2. The van der Waals surface area contributed by atoms with Crippen LogP contribution in [-0.4, -0.2) is 42.6 Å². The molecule has 0 radical (unpaired) electrons. The van der Waals surface area contributed by atoms with Crippen molar-refractivity contribution in [2.45, 2.75) is 24.9 Å². The minimum Gasteiger partial charge on any atom is -0.380 e. The van der Waals surface area contributed by atoms with E-state index in [1.807, 2.05) is 0 Å². The molecule has 1 aromatic rings. The number of nitrogens with one attached hydrogen (secondary N) is 1. The predicted molar refractivity (Wildman–Crippen MR) is 54.2 cm³/mol. The van der Waals surface area contributed by atoms with Crippen molar-refractivity contribution in [2.24, 2.45) is 0 Å². The van der Waals surface area contributed by atoms with Crippen molar-refractivity contribution in [3.05, 3.63) is 6.33 Å². The molecule has 0 aliphatic rings. The molecule has 0 bridgehead atoms. The molecule has 15 heavy (non-hydrogen) atoms. The summed E-state index contributed by atoms with van der Waals surface area (Å²) in [5, 5.41) is 5.72. The van der Waals surface area contributed by atoms with Crippen LogP contribution in [0.1, 0.15) is 19.8 Å². The van der Waals surface area contributed by atoms with E-state index in [9.17, 15) is 8.42 Å². The van der Waals surface area contributed by atoms with Crippen LogP contribution < -0.4 is 0 Å². The van der Waals surface area contributed by atoms with Gasteiger partial charge in [-0.1, -0.05) is 13.3 Å². The first-order chi connectivity index (χ1) is 7.17.